The van der Waals surface area contributed by atoms with E-state index in [4.69, 9.17) is 4.84 Å². The predicted octanol–water partition coefficient (Wildman–Crippen LogP) is 5.54. The molecule has 0 aliphatic carbocycles. The van der Waals surface area contributed by atoms with Gasteiger partial charge in [0.15, 0.2) is 6.04 Å². The van der Waals surface area contributed by atoms with Crippen LogP contribution in [0.25, 0.3) is 10.8 Å². The first-order valence-electron chi connectivity index (χ1n) is 9.19. The molecule has 3 aromatic carbocycles. The normalized spacial score (nSPS) is 22.1. The Morgan fingerprint density at radius 1 is 0.871 bits per heavy atom. The number of alkyl halides is 5. The molecule has 0 saturated carbocycles. The van der Waals surface area contributed by atoms with Crippen LogP contribution in [0.5, 0.6) is 0 Å². The van der Waals surface area contributed by atoms with Gasteiger partial charge in [-0.25, -0.2) is 5.06 Å². The second-order valence-electron chi connectivity index (χ2n) is 7.10. The van der Waals surface area contributed by atoms with E-state index in [-0.39, 0.29) is 11.3 Å². The second-order valence-corrected chi connectivity index (χ2v) is 7.10. The van der Waals surface area contributed by atoms with E-state index >= 15 is 0 Å². The Balaban J connectivity index is 1.95. The lowest BCUT2D eigenvalue weighted by atomic mass is 9.90. The number of hydrogen-bond donors (Lipinski definition) is 0. The second kappa shape index (κ2) is 7.45. The first-order chi connectivity index (χ1) is 14.6. The third-order valence-electron chi connectivity index (χ3n) is 5.24. The molecule has 0 unspecified atom stereocenters. The van der Waals surface area contributed by atoms with Crippen molar-refractivity contribution in [2.45, 2.75) is 30.3 Å². The average Bonchev–Trinajstić information content (AvgIpc) is 3.14. The molecular weight excluding hydrogens is 423 g/mol. The maximum Gasteiger partial charge on any atom is 0.456 e. The van der Waals surface area contributed by atoms with E-state index in [1.54, 1.807) is 42.5 Å². The lowest BCUT2D eigenvalue weighted by molar-refractivity contribution is -0.539. The van der Waals surface area contributed by atoms with Crippen LogP contribution < -0.4 is 5.06 Å². The molecule has 162 valence electrons. The van der Waals surface area contributed by atoms with Crippen LogP contribution in [0.3, 0.4) is 0 Å². The maximum atomic E-state index is 14.4. The summed E-state index contributed by atoms with van der Waals surface area (Å²) in [6.07, 6.45) is -9.08. The molecule has 10 heteroatoms. The van der Waals surface area contributed by atoms with Crippen LogP contribution in [0.2, 0.25) is 0 Å². The molecule has 4 rings (SSSR count). The molecule has 0 amide bonds. The zero-order chi connectivity index (χ0) is 22.4. The minimum atomic E-state index is -6.03. The fourth-order valence-electron chi connectivity index (χ4n) is 3.84. The highest BCUT2D eigenvalue weighted by atomic mass is 19.4. The van der Waals surface area contributed by atoms with Crippen molar-refractivity contribution in [3.63, 3.8) is 0 Å². The monoisotopic (exact) mass is 438 g/mol. The number of rotatable bonds is 4. The smallest absolute Gasteiger partial charge is 0.264 e. The highest BCUT2D eigenvalue weighted by Gasteiger charge is 2.73. The summed E-state index contributed by atoms with van der Waals surface area (Å²) in [6.45, 7) is 0. The van der Waals surface area contributed by atoms with Crippen molar-refractivity contribution in [3.8, 4) is 0 Å². The maximum absolute atomic E-state index is 14.4. The first-order valence-corrected chi connectivity index (χ1v) is 9.19. The van der Waals surface area contributed by atoms with Gasteiger partial charge in [0.25, 0.3) is 6.04 Å². The Kier molecular flexibility index (Phi) is 5.04. The van der Waals surface area contributed by atoms with Crippen molar-refractivity contribution in [3.05, 3.63) is 88.5 Å². The number of hydrogen-bond acceptors (Lipinski definition) is 4. The third kappa shape index (κ3) is 3.46. The van der Waals surface area contributed by atoms with E-state index in [2.05, 4.69) is 0 Å². The zero-order valence-electron chi connectivity index (χ0n) is 15.7. The number of para-hydroxylation sites is 1. The van der Waals surface area contributed by atoms with Gasteiger partial charge >= 0.3 is 12.1 Å². The molecule has 3 atom stereocenters. The number of benzene rings is 3. The molecule has 1 aliphatic heterocycles. The van der Waals surface area contributed by atoms with Gasteiger partial charge in [-0.3, -0.25) is 15.0 Å². The van der Waals surface area contributed by atoms with Crippen LogP contribution >= 0.6 is 0 Å². The van der Waals surface area contributed by atoms with Crippen LogP contribution in [-0.2, 0) is 4.84 Å². The fourth-order valence-corrected chi connectivity index (χ4v) is 3.84. The molecule has 0 spiro atoms. The molecule has 1 saturated heterocycles. The molecule has 31 heavy (non-hydrogen) atoms. The van der Waals surface area contributed by atoms with Crippen LogP contribution in [-0.4, -0.2) is 29.2 Å². The number of fused-ring (bicyclic) bond motifs is 1. The highest BCUT2D eigenvalue weighted by molar-refractivity contribution is 5.86. The lowest BCUT2D eigenvalue weighted by Crippen LogP contribution is -2.53. The molecule has 5 nitrogen and oxygen atoms in total. The summed E-state index contributed by atoms with van der Waals surface area (Å²) in [7, 11) is 0. The van der Waals surface area contributed by atoms with Crippen molar-refractivity contribution < 1.29 is 31.7 Å². The standard InChI is InChI=1S/C21H15F5N2O3/c22-20(23,21(24,25)26)19-18(28(29)30)17(27(31-19)14-9-2-1-3-10-14)16-12-6-8-13-7-4-5-11-15(13)16/h1-12,17-19H/t17-,18+,19+/m0/s1. The molecule has 1 fully saturated rings. The van der Waals surface area contributed by atoms with E-state index in [1.165, 1.54) is 30.3 Å². The number of nitro groups is 1. The molecule has 1 aliphatic rings. The Labute approximate surface area is 172 Å². The largest absolute Gasteiger partial charge is 0.456 e. The van der Waals surface area contributed by atoms with Crippen LogP contribution in [0, 0.1) is 10.1 Å². The van der Waals surface area contributed by atoms with Gasteiger partial charge in [-0.1, -0.05) is 60.7 Å². The summed E-state index contributed by atoms with van der Waals surface area (Å²) in [6, 6.07) is 15.0. The van der Waals surface area contributed by atoms with E-state index in [0.717, 1.165) is 5.06 Å². The van der Waals surface area contributed by atoms with Gasteiger partial charge in [0.05, 0.1) is 5.69 Å². The zero-order valence-corrected chi connectivity index (χ0v) is 15.7. The Morgan fingerprint density at radius 2 is 1.48 bits per heavy atom. The predicted molar refractivity (Wildman–Crippen MR) is 102 cm³/mol. The molecule has 0 radical (unpaired) electrons. The molecule has 1 heterocycles. The Morgan fingerprint density at radius 3 is 2.13 bits per heavy atom. The fraction of sp³-hybridized carbons (Fsp3) is 0.238. The lowest BCUT2D eigenvalue weighted by Gasteiger charge is -2.26. The minimum absolute atomic E-state index is 0.118. The van der Waals surface area contributed by atoms with Gasteiger partial charge in [-0.2, -0.15) is 22.0 Å². The van der Waals surface area contributed by atoms with Gasteiger partial charge < -0.3 is 0 Å². The van der Waals surface area contributed by atoms with Crippen LogP contribution in [0.15, 0.2) is 72.8 Å². The van der Waals surface area contributed by atoms with Crippen molar-refractivity contribution in [1.82, 2.24) is 0 Å². The Bertz CT molecular complexity index is 1100. The van der Waals surface area contributed by atoms with E-state index < -0.39 is 35.2 Å². The average molecular weight is 438 g/mol. The van der Waals surface area contributed by atoms with Crippen LogP contribution in [0.1, 0.15) is 11.6 Å². The van der Waals surface area contributed by atoms with E-state index in [0.29, 0.717) is 10.8 Å². The van der Waals surface area contributed by atoms with Gasteiger partial charge in [-0.15, -0.1) is 0 Å². The summed E-state index contributed by atoms with van der Waals surface area (Å²) < 4.78 is 68.2. The van der Waals surface area contributed by atoms with E-state index in [9.17, 15) is 32.1 Å². The van der Waals surface area contributed by atoms with Crippen LogP contribution in [0.4, 0.5) is 27.6 Å². The van der Waals surface area contributed by atoms with Gasteiger partial charge in [0.2, 0.25) is 6.10 Å². The van der Waals surface area contributed by atoms with Gasteiger partial charge in [-0.05, 0) is 28.5 Å². The topological polar surface area (TPSA) is 55.6 Å². The quantitative estimate of drug-likeness (QED) is 0.305. The summed E-state index contributed by atoms with van der Waals surface area (Å²) in [4.78, 5) is 15.8. The molecule has 0 N–H and O–H groups in total. The molecular formula is C21H15F5N2O3. The number of hydroxylamine groups is 1. The summed E-state index contributed by atoms with van der Waals surface area (Å²) in [5, 5.41) is 13.8. The van der Waals surface area contributed by atoms with Gasteiger partial charge in [0.1, 0.15) is 0 Å². The molecule has 0 aromatic heterocycles. The van der Waals surface area contributed by atoms with Crippen molar-refractivity contribution >= 4 is 16.5 Å². The van der Waals surface area contributed by atoms with Crippen molar-refractivity contribution in [1.29, 1.82) is 0 Å². The number of anilines is 1. The molecule has 3 aromatic rings. The summed E-state index contributed by atoms with van der Waals surface area (Å²) in [5.74, 6) is -5.45. The Hall–Kier alpha value is -3.27. The molecule has 0 bridgehead atoms. The summed E-state index contributed by atoms with van der Waals surface area (Å²) in [5.41, 5.74) is 0.330. The SMILES string of the molecule is O=[N+]([O-])[C@H]1[C@H](C(F)(F)C(F)(F)F)ON(c2ccccc2)[C@H]1c1cccc2ccccc12. The highest BCUT2D eigenvalue weighted by Crippen LogP contribution is 2.50. The first kappa shape index (κ1) is 21.0. The van der Waals surface area contributed by atoms with E-state index in [1.807, 2.05) is 0 Å². The third-order valence-corrected chi connectivity index (χ3v) is 5.24. The minimum Gasteiger partial charge on any atom is -0.264 e. The number of halogens is 5. The van der Waals surface area contributed by atoms with Crippen molar-refractivity contribution in [2.75, 3.05) is 5.06 Å². The summed E-state index contributed by atoms with van der Waals surface area (Å²) >= 11 is 0. The van der Waals surface area contributed by atoms with Crippen molar-refractivity contribution in [2.24, 2.45) is 0 Å². The van der Waals surface area contributed by atoms with Gasteiger partial charge in [0, 0.05) is 4.92 Å². The number of nitrogens with zero attached hydrogens (tertiary/aromatic N) is 2.